The van der Waals surface area contributed by atoms with E-state index in [1.54, 1.807) is 20.8 Å². The predicted molar refractivity (Wildman–Crippen MR) is 201 cm³/mol. The van der Waals surface area contributed by atoms with Gasteiger partial charge >= 0.3 is 26.1 Å². The third-order valence-electron chi connectivity index (χ3n) is 10.9. The van der Waals surface area contributed by atoms with Gasteiger partial charge in [0, 0.05) is 32.5 Å². The largest absolute Gasteiger partial charge is 0.446 e. The standard InChI is InChI=1S/C37H52F3N6O10P/c1-6-22-20-36(22,32(49)44-57(52,53)54-5)43-30(47)28-19-25(21-46(28)31(48)29(35(2,3)4)42-34(51)55-24-12-8-9-13-24)56-33(50)41-26-18-23(37(38,39)40)14-15-27(26)45-16-10-7-11-17-45/h6,14-15,18,22,24-25,28-29H,1,7-13,16-17,19-21H2,2-5H3,(H,41,50)(H,42,51)(H,43,47)(H2,44,49,52,53)/t22-,25-,28+,29-,36-/m1/s1. The number of amides is 5. The second-order valence-corrected chi connectivity index (χ2v) is 17.7. The number of carbonyl (C=O) groups is 5. The van der Waals surface area contributed by atoms with Crippen LogP contribution in [0.4, 0.5) is 34.1 Å². The predicted octanol–water partition coefficient (Wildman–Crippen LogP) is 5.22. The smallest absolute Gasteiger partial charge is 0.432 e. The van der Waals surface area contributed by atoms with E-state index in [0.29, 0.717) is 31.6 Å². The first-order chi connectivity index (χ1) is 26.7. The van der Waals surface area contributed by atoms with Gasteiger partial charge in [-0.25, -0.2) is 14.2 Å². The summed E-state index contributed by atoms with van der Waals surface area (Å²) < 4.78 is 69.2. The number of hydrogen-bond donors (Lipinski definition) is 5. The molecule has 57 heavy (non-hydrogen) atoms. The molecule has 316 valence electrons. The number of nitrogens with zero attached hydrogens (tertiary/aromatic N) is 2. The van der Waals surface area contributed by atoms with Crippen molar-refractivity contribution in [1.29, 1.82) is 0 Å². The van der Waals surface area contributed by atoms with Crippen molar-refractivity contribution in [1.82, 2.24) is 20.6 Å². The van der Waals surface area contributed by atoms with Crippen LogP contribution >= 0.6 is 7.75 Å². The molecular formula is C37H52F3N6O10P. The Morgan fingerprint density at radius 1 is 1.00 bits per heavy atom. The zero-order chi connectivity index (χ0) is 41.9. The lowest BCUT2D eigenvalue weighted by atomic mass is 9.85. The maximum Gasteiger partial charge on any atom is 0.432 e. The first-order valence-electron chi connectivity index (χ1n) is 19.0. The number of carbonyl (C=O) groups excluding carboxylic acids is 5. The van der Waals surface area contributed by atoms with Crippen LogP contribution in [-0.2, 0) is 39.1 Å². The summed E-state index contributed by atoms with van der Waals surface area (Å²) in [6, 6.07) is 0.379. The number of alkyl halides is 3. The zero-order valence-electron chi connectivity index (χ0n) is 32.5. The molecule has 5 rings (SSSR count). The van der Waals surface area contributed by atoms with Crippen LogP contribution in [-0.4, -0.2) is 96.3 Å². The number of nitrogens with one attached hydrogen (secondary N) is 4. The molecule has 4 fully saturated rings. The monoisotopic (exact) mass is 828 g/mol. The van der Waals surface area contributed by atoms with Crippen LogP contribution in [0.2, 0.25) is 0 Å². The molecule has 1 aromatic carbocycles. The molecular weight excluding hydrogens is 776 g/mol. The van der Waals surface area contributed by atoms with Gasteiger partial charge in [0.1, 0.15) is 29.8 Å². The van der Waals surface area contributed by atoms with Crippen molar-refractivity contribution in [2.24, 2.45) is 11.3 Å². The van der Waals surface area contributed by atoms with Gasteiger partial charge < -0.3 is 34.8 Å². The van der Waals surface area contributed by atoms with Gasteiger partial charge in [0.05, 0.1) is 23.5 Å². The first kappa shape index (κ1) is 43.8. The van der Waals surface area contributed by atoms with E-state index < -0.39 is 84.5 Å². The summed E-state index contributed by atoms with van der Waals surface area (Å²) >= 11 is 0. The number of alkyl carbamates (subject to hydrolysis) is 1. The third-order valence-corrected chi connectivity index (χ3v) is 11.9. The maximum atomic E-state index is 14.4. The van der Waals surface area contributed by atoms with Gasteiger partial charge in [-0.05, 0) is 75.0 Å². The van der Waals surface area contributed by atoms with Crippen LogP contribution in [0.1, 0.15) is 84.1 Å². The summed E-state index contributed by atoms with van der Waals surface area (Å²) in [5.74, 6) is -3.33. The van der Waals surface area contributed by atoms with Crippen molar-refractivity contribution >= 4 is 49.0 Å². The molecule has 6 atom stereocenters. The van der Waals surface area contributed by atoms with E-state index in [2.05, 4.69) is 27.1 Å². The van der Waals surface area contributed by atoms with E-state index >= 15 is 0 Å². The number of anilines is 2. The van der Waals surface area contributed by atoms with Gasteiger partial charge in [0.2, 0.25) is 11.8 Å². The van der Waals surface area contributed by atoms with E-state index in [1.165, 1.54) is 12.1 Å². The van der Waals surface area contributed by atoms with Gasteiger partial charge in [-0.3, -0.25) is 29.3 Å². The molecule has 2 heterocycles. The Morgan fingerprint density at radius 3 is 2.23 bits per heavy atom. The van der Waals surface area contributed by atoms with Gasteiger partial charge in [0.15, 0.2) is 0 Å². The number of benzene rings is 1. The maximum absolute atomic E-state index is 14.4. The molecule has 16 nitrogen and oxygen atoms in total. The highest BCUT2D eigenvalue weighted by Crippen LogP contribution is 2.48. The molecule has 5 amide bonds. The summed E-state index contributed by atoms with van der Waals surface area (Å²) in [7, 11) is -3.68. The van der Waals surface area contributed by atoms with Crippen molar-refractivity contribution in [3.05, 3.63) is 36.4 Å². The Labute approximate surface area is 329 Å². The number of halogens is 3. The average molecular weight is 829 g/mol. The lowest BCUT2D eigenvalue weighted by molar-refractivity contribution is -0.143. The molecule has 5 N–H and O–H groups in total. The number of hydrogen-bond acceptors (Lipinski definition) is 10. The number of ether oxygens (including phenoxy) is 2. The fourth-order valence-corrected chi connectivity index (χ4v) is 8.17. The first-order valence-corrected chi connectivity index (χ1v) is 20.6. The van der Waals surface area contributed by atoms with Crippen molar-refractivity contribution < 1.29 is 60.6 Å². The Kier molecular flexibility index (Phi) is 13.2. The Hall–Kier alpha value is -4.35. The molecule has 0 radical (unpaired) electrons. The molecule has 0 bridgehead atoms. The minimum absolute atomic E-state index is 0.00366. The van der Waals surface area contributed by atoms with Crippen LogP contribution in [0.3, 0.4) is 0 Å². The quantitative estimate of drug-likeness (QED) is 0.137. The highest BCUT2D eigenvalue weighted by molar-refractivity contribution is 7.51. The van der Waals surface area contributed by atoms with Crippen molar-refractivity contribution in [3.8, 4) is 0 Å². The van der Waals surface area contributed by atoms with Gasteiger partial charge in [-0.15, -0.1) is 6.58 Å². The second kappa shape index (κ2) is 17.2. The minimum Gasteiger partial charge on any atom is -0.446 e. The number of rotatable bonds is 12. The number of likely N-dealkylation sites (tertiary alicyclic amines) is 1. The molecule has 0 spiro atoms. The summed E-state index contributed by atoms with van der Waals surface area (Å²) in [5, 5.41) is 9.57. The molecule has 2 saturated heterocycles. The Balaban J connectivity index is 1.40. The minimum atomic E-state index is -4.70. The highest BCUT2D eigenvalue weighted by atomic mass is 31.2. The molecule has 4 aliphatic rings. The van der Waals surface area contributed by atoms with E-state index in [9.17, 15) is 46.6 Å². The lowest BCUT2D eigenvalue weighted by Crippen LogP contribution is -2.59. The Morgan fingerprint density at radius 2 is 1.65 bits per heavy atom. The van der Waals surface area contributed by atoms with E-state index in [-0.39, 0.29) is 31.2 Å². The third kappa shape index (κ3) is 10.6. The van der Waals surface area contributed by atoms with Gasteiger partial charge in [-0.2, -0.15) is 13.2 Å². The van der Waals surface area contributed by atoms with Crippen LogP contribution in [0.5, 0.6) is 0 Å². The normalized spacial score (nSPS) is 25.4. The van der Waals surface area contributed by atoms with Gasteiger partial charge in [0.25, 0.3) is 5.91 Å². The molecule has 20 heteroatoms. The van der Waals surface area contributed by atoms with Crippen molar-refractivity contribution in [2.75, 3.05) is 37.0 Å². The van der Waals surface area contributed by atoms with Crippen LogP contribution in [0.15, 0.2) is 30.9 Å². The van der Waals surface area contributed by atoms with Gasteiger partial charge in [-0.1, -0.05) is 26.8 Å². The Bertz CT molecular complexity index is 1760. The molecule has 2 saturated carbocycles. The zero-order valence-corrected chi connectivity index (χ0v) is 33.4. The van der Waals surface area contributed by atoms with E-state index in [0.717, 1.165) is 56.2 Å². The molecule has 1 unspecified atom stereocenters. The summed E-state index contributed by atoms with van der Waals surface area (Å²) in [6.45, 7) is 9.49. The highest BCUT2D eigenvalue weighted by Gasteiger charge is 2.62. The topological polar surface area (TPSA) is 205 Å². The lowest BCUT2D eigenvalue weighted by Gasteiger charge is -2.35. The van der Waals surface area contributed by atoms with E-state index in [4.69, 9.17) is 9.47 Å². The second-order valence-electron chi connectivity index (χ2n) is 16.1. The summed E-state index contributed by atoms with van der Waals surface area (Å²) in [5.41, 5.74) is -3.43. The fourth-order valence-electron chi connectivity index (χ4n) is 7.62. The van der Waals surface area contributed by atoms with Crippen molar-refractivity contribution in [3.63, 3.8) is 0 Å². The van der Waals surface area contributed by atoms with Crippen molar-refractivity contribution in [2.45, 2.75) is 115 Å². The summed E-state index contributed by atoms with van der Waals surface area (Å²) in [4.78, 5) is 81.3. The molecule has 0 aromatic heterocycles. The van der Waals surface area contributed by atoms with Crippen LogP contribution in [0.25, 0.3) is 0 Å². The molecule has 2 aliphatic heterocycles. The number of piperidine rings is 1. The van der Waals surface area contributed by atoms with Crippen LogP contribution in [0, 0.1) is 11.3 Å². The van der Waals surface area contributed by atoms with Crippen LogP contribution < -0.4 is 25.9 Å². The van der Waals surface area contributed by atoms with E-state index in [1.807, 2.05) is 9.99 Å². The fraction of sp³-hybridized carbons (Fsp3) is 0.649. The molecule has 1 aromatic rings. The molecule has 2 aliphatic carbocycles. The summed E-state index contributed by atoms with van der Waals surface area (Å²) in [6.07, 6.45) is -1.42. The SMILES string of the molecule is C=C[C@@H]1C[C@]1(NC(=O)[C@@H]1C[C@@H](OC(=O)Nc2cc(C(F)(F)F)ccc2N2CCCCC2)CN1C(=O)[C@@H](NC(=O)OC1CCCC1)C(C)(C)C)C(=O)NP(=O)(O)OC. The average Bonchev–Trinajstić information content (AvgIpc) is 3.40.